The van der Waals surface area contributed by atoms with Crippen LogP contribution in [0, 0.1) is 27.0 Å². The summed E-state index contributed by atoms with van der Waals surface area (Å²) in [6.45, 7) is 1.23. The monoisotopic (exact) mass is 495 g/mol. The molecule has 4 aromatic rings. The predicted molar refractivity (Wildman–Crippen MR) is 126 cm³/mol. The SMILES string of the molecule is CC(=O)N(c1nc(/C=C/c2ccnc(-c3cccc([N+](=O)[O-])c3)[n+]2[O-])cs1)c1ccc(F)cc1F. The lowest BCUT2D eigenvalue weighted by molar-refractivity contribution is -0.598. The zero-order chi connectivity index (χ0) is 25.1. The van der Waals surface area contributed by atoms with Crippen LogP contribution in [-0.2, 0) is 4.79 Å². The van der Waals surface area contributed by atoms with Crippen LogP contribution >= 0.6 is 11.3 Å². The summed E-state index contributed by atoms with van der Waals surface area (Å²) in [7, 11) is 0. The van der Waals surface area contributed by atoms with E-state index in [0.29, 0.717) is 16.5 Å². The largest absolute Gasteiger partial charge is 0.710 e. The molecule has 0 saturated carbocycles. The number of rotatable bonds is 6. The van der Waals surface area contributed by atoms with Crippen molar-refractivity contribution >= 4 is 45.9 Å². The molecule has 0 spiro atoms. The zero-order valence-electron chi connectivity index (χ0n) is 18.0. The lowest BCUT2D eigenvalue weighted by Crippen LogP contribution is -2.33. The first kappa shape index (κ1) is 23.6. The number of amides is 1. The molecule has 9 nitrogen and oxygen atoms in total. The van der Waals surface area contributed by atoms with Gasteiger partial charge in [-0.2, -0.15) is 0 Å². The maximum atomic E-state index is 14.3. The Kier molecular flexibility index (Phi) is 6.55. The van der Waals surface area contributed by atoms with Crippen molar-refractivity contribution in [2.75, 3.05) is 4.90 Å². The first-order valence-electron chi connectivity index (χ1n) is 9.97. The highest BCUT2D eigenvalue weighted by Crippen LogP contribution is 2.31. The van der Waals surface area contributed by atoms with Crippen molar-refractivity contribution in [1.29, 1.82) is 0 Å². The molecular weight excluding hydrogens is 480 g/mol. The molecule has 4 rings (SSSR count). The minimum Gasteiger partial charge on any atom is -0.710 e. The smallest absolute Gasteiger partial charge is 0.333 e. The Morgan fingerprint density at radius 2 is 1.97 bits per heavy atom. The summed E-state index contributed by atoms with van der Waals surface area (Å²) in [6, 6.07) is 9.87. The van der Waals surface area contributed by atoms with Gasteiger partial charge in [0.1, 0.15) is 23.5 Å². The van der Waals surface area contributed by atoms with Crippen molar-refractivity contribution in [2.24, 2.45) is 0 Å². The number of halogens is 2. The third kappa shape index (κ3) is 5.01. The van der Waals surface area contributed by atoms with Crippen LogP contribution in [-0.4, -0.2) is 20.8 Å². The second kappa shape index (κ2) is 9.73. The Morgan fingerprint density at radius 3 is 2.69 bits per heavy atom. The van der Waals surface area contributed by atoms with Crippen molar-refractivity contribution in [1.82, 2.24) is 9.97 Å². The fourth-order valence-corrected chi connectivity index (χ4v) is 4.04. The Balaban J connectivity index is 1.63. The fourth-order valence-electron chi connectivity index (χ4n) is 3.20. The average Bonchev–Trinajstić information content (AvgIpc) is 3.28. The Bertz CT molecular complexity index is 1470. The molecule has 2 heterocycles. The van der Waals surface area contributed by atoms with Gasteiger partial charge in [0.05, 0.1) is 21.9 Å². The van der Waals surface area contributed by atoms with Crippen LogP contribution in [0.2, 0.25) is 0 Å². The number of hydrogen-bond acceptors (Lipinski definition) is 7. The van der Waals surface area contributed by atoms with Crippen LogP contribution in [0.3, 0.4) is 0 Å². The molecule has 0 bridgehead atoms. The molecule has 0 N–H and O–H groups in total. The van der Waals surface area contributed by atoms with E-state index in [1.807, 2.05) is 0 Å². The highest BCUT2D eigenvalue weighted by molar-refractivity contribution is 7.14. The van der Waals surface area contributed by atoms with Gasteiger partial charge in [0.25, 0.3) is 5.69 Å². The van der Waals surface area contributed by atoms with Crippen molar-refractivity contribution in [3.8, 4) is 11.4 Å². The third-order valence-corrected chi connectivity index (χ3v) is 5.62. The topological polar surface area (TPSA) is 116 Å². The molecule has 176 valence electrons. The molecule has 0 atom stereocenters. The zero-order valence-corrected chi connectivity index (χ0v) is 18.8. The molecule has 1 amide bonds. The molecule has 0 fully saturated rings. The summed E-state index contributed by atoms with van der Waals surface area (Å²) in [4.78, 5) is 32.0. The maximum absolute atomic E-state index is 14.3. The first-order chi connectivity index (χ1) is 16.7. The average molecular weight is 495 g/mol. The van der Waals surface area contributed by atoms with E-state index in [1.54, 1.807) is 5.38 Å². The van der Waals surface area contributed by atoms with Crippen molar-refractivity contribution in [2.45, 2.75) is 6.92 Å². The highest BCUT2D eigenvalue weighted by Gasteiger charge is 2.21. The summed E-state index contributed by atoms with van der Waals surface area (Å²) in [5.74, 6) is -2.23. The predicted octanol–water partition coefficient (Wildman–Crippen LogP) is 4.88. The van der Waals surface area contributed by atoms with Crippen molar-refractivity contribution in [3.05, 3.63) is 98.5 Å². The standard InChI is InChI=1S/C23H15F2N5O4S/c1-14(31)28(21-8-5-16(24)12-20(21)25)23-27-17(13-35-23)6-7-18-9-10-26-22(29(18)32)15-3-2-4-19(11-15)30(33)34/h2-13H,1H3/b7-6+. The number of carbonyl (C=O) groups excluding carboxylic acids is 1. The lowest BCUT2D eigenvalue weighted by atomic mass is 10.2. The number of thiazole rings is 1. The second-order valence-corrected chi connectivity index (χ2v) is 7.97. The van der Waals surface area contributed by atoms with Crippen LogP contribution in [0.25, 0.3) is 23.5 Å². The van der Waals surface area contributed by atoms with Gasteiger partial charge in [0, 0.05) is 36.6 Å². The van der Waals surface area contributed by atoms with Gasteiger partial charge in [-0.3, -0.25) is 19.8 Å². The molecule has 2 aromatic carbocycles. The lowest BCUT2D eigenvalue weighted by Gasteiger charge is -2.18. The number of benzene rings is 2. The quantitative estimate of drug-likeness (QED) is 0.163. The molecule has 0 aliphatic heterocycles. The number of carbonyl (C=O) groups is 1. The summed E-state index contributed by atoms with van der Waals surface area (Å²) < 4.78 is 28.1. The first-order valence-corrected chi connectivity index (χ1v) is 10.9. The van der Waals surface area contributed by atoms with E-state index in [9.17, 15) is 28.9 Å². The summed E-state index contributed by atoms with van der Waals surface area (Å²) in [5, 5.41) is 25.6. The van der Waals surface area contributed by atoms with Gasteiger partial charge in [-0.05, 0) is 35.3 Å². The normalized spacial score (nSPS) is 11.1. The summed E-state index contributed by atoms with van der Waals surface area (Å²) >= 11 is 1.06. The number of nitrogens with zero attached hydrogens (tertiary/aromatic N) is 5. The van der Waals surface area contributed by atoms with E-state index in [2.05, 4.69) is 9.97 Å². The van der Waals surface area contributed by atoms with Crippen LogP contribution in [0.4, 0.5) is 25.3 Å². The summed E-state index contributed by atoms with van der Waals surface area (Å²) in [5.41, 5.74) is 0.528. The minimum absolute atomic E-state index is 0.0237. The number of non-ortho nitro benzene ring substituents is 1. The van der Waals surface area contributed by atoms with E-state index in [0.717, 1.165) is 28.4 Å². The number of anilines is 2. The third-order valence-electron chi connectivity index (χ3n) is 4.78. The molecular formula is C23H15F2N5O4S. The van der Waals surface area contributed by atoms with Crippen molar-refractivity contribution in [3.63, 3.8) is 0 Å². The van der Waals surface area contributed by atoms with Gasteiger partial charge in [0.2, 0.25) is 5.91 Å². The molecule has 35 heavy (non-hydrogen) atoms. The van der Waals surface area contributed by atoms with Crippen molar-refractivity contribution < 1.29 is 23.2 Å². The molecule has 0 radical (unpaired) electrons. The van der Waals surface area contributed by atoms with Gasteiger partial charge >= 0.3 is 5.82 Å². The van der Waals surface area contributed by atoms with Gasteiger partial charge in [-0.15, -0.1) is 11.3 Å². The van der Waals surface area contributed by atoms with Crippen LogP contribution in [0.1, 0.15) is 18.3 Å². The molecule has 2 aromatic heterocycles. The highest BCUT2D eigenvalue weighted by atomic mass is 32.1. The van der Waals surface area contributed by atoms with E-state index in [1.165, 1.54) is 55.6 Å². The van der Waals surface area contributed by atoms with Crippen LogP contribution < -0.4 is 9.63 Å². The fraction of sp³-hybridized carbons (Fsp3) is 0.0435. The Morgan fingerprint density at radius 1 is 1.17 bits per heavy atom. The number of nitro benzene ring substituents is 1. The minimum atomic E-state index is -0.912. The van der Waals surface area contributed by atoms with Gasteiger partial charge in [0.15, 0.2) is 5.13 Å². The van der Waals surface area contributed by atoms with Crippen LogP contribution in [0.15, 0.2) is 60.1 Å². The van der Waals surface area contributed by atoms with Gasteiger partial charge in [-0.25, -0.2) is 18.5 Å². The number of hydrogen-bond donors (Lipinski definition) is 0. The molecule has 0 aliphatic carbocycles. The van der Waals surface area contributed by atoms with Gasteiger partial charge in [-0.1, -0.05) is 6.07 Å². The van der Waals surface area contributed by atoms with Gasteiger partial charge < -0.3 is 5.21 Å². The Hall–Kier alpha value is -4.58. The van der Waals surface area contributed by atoms with Crippen LogP contribution in [0.5, 0.6) is 0 Å². The number of nitro groups is 1. The molecule has 0 saturated heterocycles. The van der Waals surface area contributed by atoms with E-state index >= 15 is 0 Å². The molecule has 12 heteroatoms. The Labute approximate surface area is 201 Å². The molecule has 0 unspecified atom stereocenters. The summed E-state index contributed by atoms with van der Waals surface area (Å²) in [6.07, 6.45) is 4.37. The van der Waals surface area contributed by atoms with E-state index in [4.69, 9.17) is 0 Å². The number of aromatic nitrogens is 3. The van der Waals surface area contributed by atoms with E-state index < -0.39 is 22.5 Å². The maximum Gasteiger partial charge on any atom is 0.333 e. The molecule has 0 aliphatic rings. The second-order valence-electron chi connectivity index (χ2n) is 7.13. The van der Waals surface area contributed by atoms with E-state index in [-0.39, 0.29) is 33.6 Å².